The summed E-state index contributed by atoms with van der Waals surface area (Å²) in [6.07, 6.45) is 2.19. The van der Waals surface area contributed by atoms with Crippen LogP contribution in [0.2, 0.25) is 0 Å². The number of aliphatic hydroxyl groups is 1. The van der Waals surface area contributed by atoms with Gasteiger partial charge in [-0.3, -0.25) is 0 Å². The largest absolute Gasteiger partial charge is 0.389 e. The first-order valence-electron chi connectivity index (χ1n) is 6.30. The fraction of sp³-hybridized carbons (Fsp3) is 0.833. The Bertz CT molecular complexity index is 394. The zero-order chi connectivity index (χ0) is 12.6. The Hall–Kier alpha value is -0.940. The van der Waals surface area contributed by atoms with Crippen LogP contribution < -0.4 is 5.32 Å². The first-order chi connectivity index (χ1) is 7.89. The van der Waals surface area contributed by atoms with Gasteiger partial charge in [0.25, 0.3) is 0 Å². The second-order valence-electron chi connectivity index (χ2n) is 5.49. The number of hydrogen-bond donors (Lipinski definition) is 2. The number of aryl methyl sites for hydroxylation is 1. The number of aromatic nitrogens is 3. The van der Waals surface area contributed by atoms with E-state index in [0.717, 1.165) is 31.0 Å². The van der Waals surface area contributed by atoms with Crippen LogP contribution in [0.5, 0.6) is 0 Å². The van der Waals surface area contributed by atoms with E-state index >= 15 is 0 Å². The molecular formula is C12H22N4O. The molecule has 17 heavy (non-hydrogen) atoms. The Morgan fingerprint density at radius 1 is 1.35 bits per heavy atom. The van der Waals surface area contributed by atoms with E-state index < -0.39 is 5.60 Å². The molecule has 5 heteroatoms. The van der Waals surface area contributed by atoms with Crippen molar-refractivity contribution in [2.75, 3.05) is 0 Å². The van der Waals surface area contributed by atoms with E-state index in [2.05, 4.69) is 27.0 Å². The minimum atomic E-state index is -0.734. The maximum Gasteiger partial charge on any atom is 0.149 e. The highest BCUT2D eigenvalue weighted by atomic mass is 16.3. The molecule has 0 saturated heterocycles. The van der Waals surface area contributed by atoms with Gasteiger partial charge >= 0.3 is 0 Å². The molecule has 0 amide bonds. The first-order valence-corrected chi connectivity index (χ1v) is 6.30. The summed E-state index contributed by atoms with van der Waals surface area (Å²) in [5.74, 6) is 2.07. The quantitative estimate of drug-likeness (QED) is 0.822. The average molecular weight is 238 g/mol. The minimum absolute atomic E-state index is 0.00635. The predicted octanol–water partition coefficient (Wildman–Crippen LogP) is 1.03. The van der Waals surface area contributed by atoms with Gasteiger partial charge in [0.1, 0.15) is 11.6 Å². The Kier molecular flexibility index (Phi) is 3.23. The maximum absolute atomic E-state index is 9.92. The van der Waals surface area contributed by atoms with Crippen molar-refractivity contribution in [3.63, 3.8) is 0 Å². The van der Waals surface area contributed by atoms with Crippen LogP contribution in [0, 0.1) is 0 Å². The van der Waals surface area contributed by atoms with Crippen molar-refractivity contribution in [1.82, 2.24) is 20.1 Å². The molecule has 0 spiro atoms. The second kappa shape index (κ2) is 4.38. The lowest BCUT2D eigenvalue weighted by molar-refractivity contribution is 0.0400. The highest BCUT2D eigenvalue weighted by Crippen LogP contribution is 2.20. The smallest absolute Gasteiger partial charge is 0.149 e. The molecule has 2 heterocycles. The van der Waals surface area contributed by atoms with Crippen LogP contribution >= 0.6 is 0 Å². The number of fused-ring (bicyclic) bond motifs is 1. The van der Waals surface area contributed by atoms with Crippen molar-refractivity contribution in [1.29, 1.82) is 0 Å². The van der Waals surface area contributed by atoms with Gasteiger partial charge in [0.05, 0.1) is 11.6 Å². The molecule has 2 atom stereocenters. The summed E-state index contributed by atoms with van der Waals surface area (Å²) in [6, 6.07) is 0.114. The molecule has 0 radical (unpaired) electrons. The fourth-order valence-corrected chi connectivity index (χ4v) is 2.15. The molecule has 2 unspecified atom stereocenters. The van der Waals surface area contributed by atoms with E-state index in [1.54, 1.807) is 0 Å². The number of hydrogen-bond acceptors (Lipinski definition) is 4. The molecule has 1 aromatic heterocycles. The molecule has 0 fully saturated rings. The van der Waals surface area contributed by atoms with Gasteiger partial charge in [0.15, 0.2) is 0 Å². The van der Waals surface area contributed by atoms with E-state index in [4.69, 9.17) is 0 Å². The van der Waals surface area contributed by atoms with Crippen LogP contribution in [0.1, 0.15) is 51.8 Å². The third-order valence-electron chi connectivity index (χ3n) is 3.59. The molecule has 0 aromatic carbocycles. The Balaban J connectivity index is 2.07. The van der Waals surface area contributed by atoms with Crippen molar-refractivity contribution >= 4 is 0 Å². The highest BCUT2D eigenvalue weighted by molar-refractivity contribution is 5.04. The van der Waals surface area contributed by atoms with Gasteiger partial charge in [-0.2, -0.15) is 0 Å². The molecule has 0 bridgehead atoms. The van der Waals surface area contributed by atoms with Crippen LogP contribution in [-0.2, 0) is 13.0 Å². The third-order valence-corrected chi connectivity index (χ3v) is 3.59. The first kappa shape index (κ1) is 12.5. The van der Waals surface area contributed by atoms with Gasteiger partial charge < -0.3 is 15.0 Å². The summed E-state index contributed by atoms with van der Waals surface area (Å²) in [4.78, 5) is 0. The van der Waals surface area contributed by atoms with Gasteiger partial charge in [-0.15, -0.1) is 10.2 Å². The van der Waals surface area contributed by atoms with Gasteiger partial charge in [0, 0.05) is 19.0 Å². The van der Waals surface area contributed by atoms with E-state index in [1.165, 1.54) is 0 Å². The Morgan fingerprint density at radius 2 is 2.06 bits per heavy atom. The van der Waals surface area contributed by atoms with Crippen LogP contribution in [-0.4, -0.2) is 31.5 Å². The molecule has 2 N–H and O–H groups in total. The number of rotatable bonds is 4. The molecule has 1 aliphatic heterocycles. The monoisotopic (exact) mass is 238 g/mol. The van der Waals surface area contributed by atoms with Gasteiger partial charge in [0.2, 0.25) is 0 Å². The van der Waals surface area contributed by atoms with Gasteiger partial charge in [-0.25, -0.2) is 0 Å². The van der Waals surface area contributed by atoms with Crippen molar-refractivity contribution in [2.45, 2.75) is 64.8 Å². The minimum Gasteiger partial charge on any atom is -0.389 e. The van der Waals surface area contributed by atoms with Crippen molar-refractivity contribution in [2.24, 2.45) is 0 Å². The molecule has 1 aliphatic rings. The van der Waals surface area contributed by atoms with E-state index in [-0.39, 0.29) is 12.1 Å². The number of nitrogens with one attached hydrogen (secondary N) is 1. The normalized spacial score (nSPS) is 19.1. The third kappa shape index (κ3) is 2.50. The summed E-state index contributed by atoms with van der Waals surface area (Å²) in [6.45, 7) is 8.69. The number of nitrogens with zero attached hydrogens (tertiary/aromatic N) is 3. The second-order valence-corrected chi connectivity index (χ2v) is 5.49. The maximum atomic E-state index is 9.92. The lowest BCUT2D eigenvalue weighted by atomic mass is 10.00. The van der Waals surface area contributed by atoms with E-state index in [1.807, 2.05) is 20.8 Å². The van der Waals surface area contributed by atoms with Gasteiger partial charge in [-0.05, 0) is 34.1 Å². The van der Waals surface area contributed by atoms with Crippen molar-refractivity contribution < 1.29 is 5.11 Å². The Labute approximate surface area is 102 Å². The van der Waals surface area contributed by atoms with Crippen molar-refractivity contribution in [3.05, 3.63) is 11.6 Å². The van der Waals surface area contributed by atoms with Crippen LogP contribution in [0.15, 0.2) is 0 Å². The lowest BCUT2D eigenvalue weighted by Crippen LogP contribution is -2.45. The molecule has 96 valence electrons. The van der Waals surface area contributed by atoms with Gasteiger partial charge in [-0.1, -0.05) is 0 Å². The molecule has 0 saturated carbocycles. The van der Waals surface area contributed by atoms with Crippen LogP contribution in [0.25, 0.3) is 0 Å². The van der Waals surface area contributed by atoms with E-state index in [0.29, 0.717) is 0 Å². The zero-order valence-electron chi connectivity index (χ0n) is 11.1. The van der Waals surface area contributed by atoms with Crippen LogP contribution in [0.3, 0.4) is 0 Å². The zero-order valence-corrected chi connectivity index (χ0v) is 11.1. The summed E-state index contributed by atoms with van der Waals surface area (Å²) in [5.41, 5.74) is -0.734. The molecule has 2 rings (SSSR count). The molecular weight excluding hydrogens is 216 g/mol. The average Bonchev–Trinajstić information content (AvgIpc) is 2.75. The van der Waals surface area contributed by atoms with Crippen molar-refractivity contribution in [3.8, 4) is 0 Å². The molecule has 5 nitrogen and oxygen atoms in total. The summed E-state index contributed by atoms with van der Waals surface area (Å²) in [5, 5.41) is 21.7. The molecule has 1 aromatic rings. The Morgan fingerprint density at radius 3 is 2.71 bits per heavy atom. The predicted molar refractivity (Wildman–Crippen MR) is 65.7 cm³/mol. The summed E-state index contributed by atoms with van der Waals surface area (Å²) < 4.78 is 2.19. The molecule has 0 aliphatic carbocycles. The van der Waals surface area contributed by atoms with E-state index in [9.17, 15) is 5.11 Å². The standard InChI is InChI=1S/C12H22N4O/c1-8(13-9(2)12(3,4)17)11-15-14-10-6-5-7-16(10)11/h8-9,13,17H,5-7H2,1-4H3. The van der Waals surface area contributed by atoms with Crippen LogP contribution in [0.4, 0.5) is 0 Å². The lowest BCUT2D eigenvalue weighted by Gasteiger charge is -2.29. The summed E-state index contributed by atoms with van der Waals surface area (Å²) in [7, 11) is 0. The summed E-state index contributed by atoms with van der Waals surface area (Å²) >= 11 is 0. The SMILES string of the molecule is CC(NC(C)C(C)(C)O)c1nnc2n1CCC2. The highest BCUT2D eigenvalue weighted by Gasteiger charge is 2.27. The fourth-order valence-electron chi connectivity index (χ4n) is 2.15. The topological polar surface area (TPSA) is 63.0 Å².